The lowest BCUT2D eigenvalue weighted by Gasteiger charge is -2.19. The van der Waals surface area contributed by atoms with Crippen molar-refractivity contribution < 1.29 is 9.53 Å². The van der Waals surface area contributed by atoms with Crippen molar-refractivity contribution in [3.8, 4) is 0 Å². The van der Waals surface area contributed by atoms with E-state index in [2.05, 4.69) is 22.1 Å². The van der Waals surface area contributed by atoms with Gasteiger partial charge in [-0.3, -0.25) is 4.68 Å². The number of carbonyl (C=O) groups excluding carboxylic acids is 1. The molecule has 2 aromatic heterocycles. The molecule has 1 saturated heterocycles. The topological polar surface area (TPSA) is 60.2 Å². The van der Waals surface area contributed by atoms with E-state index in [4.69, 9.17) is 9.72 Å². The second-order valence-corrected chi connectivity index (χ2v) is 7.00. The zero-order valence-electron chi connectivity index (χ0n) is 14.2. The molecule has 0 unspecified atom stereocenters. The lowest BCUT2D eigenvalue weighted by molar-refractivity contribution is 0.0600. The highest BCUT2D eigenvalue weighted by atomic mass is 16.5. The second-order valence-electron chi connectivity index (χ2n) is 7.00. The van der Waals surface area contributed by atoms with Crippen molar-refractivity contribution in [3.63, 3.8) is 0 Å². The van der Waals surface area contributed by atoms with Gasteiger partial charge in [-0.1, -0.05) is 6.07 Å². The molecule has 1 saturated carbocycles. The average molecular weight is 326 g/mol. The van der Waals surface area contributed by atoms with Gasteiger partial charge in [-0.2, -0.15) is 5.10 Å². The largest absolute Gasteiger partial charge is 0.465 e. The first-order chi connectivity index (χ1) is 11.6. The Balaban J connectivity index is 1.48. The van der Waals surface area contributed by atoms with E-state index in [1.807, 2.05) is 6.92 Å². The number of nitrogens with zero attached hydrogens (tertiary/aromatic N) is 4. The highest BCUT2D eigenvalue weighted by Gasteiger charge is 2.47. The van der Waals surface area contributed by atoms with Gasteiger partial charge < -0.3 is 9.64 Å². The Hall–Kier alpha value is -2.37. The number of pyridine rings is 1. The summed E-state index contributed by atoms with van der Waals surface area (Å²) in [7, 11) is 1.37. The summed E-state index contributed by atoms with van der Waals surface area (Å²) in [4.78, 5) is 18.7. The summed E-state index contributed by atoms with van der Waals surface area (Å²) < 4.78 is 6.45. The van der Waals surface area contributed by atoms with Gasteiger partial charge in [-0.25, -0.2) is 9.78 Å². The summed E-state index contributed by atoms with van der Waals surface area (Å²) in [5.74, 6) is 0.713. The third kappa shape index (κ3) is 2.77. The lowest BCUT2D eigenvalue weighted by Crippen LogP contribution is -2.21. The molecule has 3 heterocycles. The number of hydrogen-bond acceptors (Lipinski definition) is 5. The summed E-state index contributed by atoms with van der Waals surface area (Å²) in [6, 6.07) is 4.23. The van der Waals surface area contributed by atoms with E-state index in [0.29, 0.717) is 17.5 Å². The van der Waals surface area contributed by atoms with Crippen LogP contribution in [0.25, 0.3) is 0 Å². The molecular formula is C18H22N4O2. The number of carbonyl (C=O) groups is 1. The molecule has 0 aromatic carbocycles. The van der Waals surface area contributed by atoms with Gasteiger partial charge in [0.1, 0.15) is 5.82 Å². The van der Waals surface area contributed by atoms with Crippen LogP contribution in [-0.2, 0) is 11.3 Å². The van der Waals surface area contributed by atoms with Gasteiger partial charge in [-0.05, 0) is 43.2 Å². The molecule has 0 bridgehead atoms. The third-order valence-corrected chi connectivity index (χ3v) is 5.29. The second kappa shape index (κ2) is 5.61. The van der Waals surface area contributed by atoms with E-state index < -0.39 is 0 Å². The molecule has 2 aromatic rings. The minimum atomic E-state index is -0.366. The summed E-state index contributed by atoms with van der Waals surface area (Å²) in [6.07, 6.45) is 7.29. The number of aromatic nitrogens is 3. The quantitative estimate of drug-likeness (QED) is 0.808. The van der Waals surface area contributed by atoms with Gasteiger partial charge >= 0.3 is 5.97 Å². The summed E-state index contributed by atoms with van der Waals surface area (Å²) in [6.45, 7) is 4.90. The Labute approximate surface area is 141 Å². The molecule has 4 rings (SSSR count). The molecule has 0 atom stereocenters. The third-order valence-electron chi connectivity index (χ3n) is 5.29. The molecule has 6 heteroatoms. The molecule has 24 heavy (non-hydrogen) atoms. The smallest absolute Gasteiger partial charge is 0.341 e. The SMILES string of the molecule is COC(=O)c1cnn(Cc2ccc(N3CCC4(CC4)C3)nc2C)c1. The van der Waals surface area contributed by atoms with Crippen LogP contribution in [0.1, 0.15) is 40.9 Å². The van der Waals surface area contributed by atoms with Crippen molar-refractivity contribution in [1.82, 2.24) is 14.8 Å². The van der Waals surface area contributed by atoms with E-state index in [9.17, 15) is 4.79 Å². The van der Waals surface area contributed by atoms with E-state index in [-0.39, 0.29) is 5.97 Å². The highest BCUT2D eigenvalue weighted by Crippen LogP contribution is 2.53. The molecule has 0 amide bonds. The van der Waals surface area contributed by atoms with Crippen molar-refractivity contribution in [2.45, 2.75) is 32.7 Å². The van der Waals surface area contributed by atoms with Crippen LogP contribution in [0.2, 0.25) is 0 Å². The first-order valence-corrected chi connectivity index (χ1v) is 8.41. The zero-order valence-corrected chi connectivity index (χ0v) is 14.2. The van der Waals surface area contributed by atoms with Crippen LogP contribution in [0.15, 0.2) is 24.5 Å². The molecule has 0 N–H and O–H groups in total. The van der Waals surface area contributed by atoms with Gasteiger partial charge in [0.15, 0.2) is 0 Å². The maximum absolute atomic E-state index is 11.5. The van der Waals surface area contributed by atoms with Gasteiger partial charge in [0.25, 0.3) is 0 Å². The molecule has 1 aliphatic heterocycles. The number of hydrogen-bond donors (Lipinski definition) is 0. The van der Waals surface area contributed by atoms with Crippen molar-refractivity contribution in [3.05, 3.63) is 41.3 Å². The number of rotatable bonds is 4. The minimum absolute atomic E-state index is 0.366. The van der Waals surface area contributed by atoms with Crippen LogP contribution in [0, 0.1) is 12.3 Å². The Morgan fingerprint density at radius 2 is 2.17 bits per heavy atom. The van der Waals surface area contributed by atoms with Crippen LogP contribution >= 0.6 is 0 Å². The van der Waals surface area contributed by atoms with Gasteiger partial charge in [0, 0.05) is 25.0 Å². The Kier molecular flexibility index (Phi) is 3.55. The number of ether oxygens (including phenoxy) is 1. The molecule has 126 valence electrons. The van der Waals surface area contributed by atoms with Crippen LogP contribution in [-0.4, -0.2) is 40.9 Å². The minimum Gasteiger partial charge on any atom is -0.465 e. The van der Waals surface area contributed by atoms with Crippen LogP contribution in [0.5, 0.6) is 0 Å². The summed E-state index contributed by atoms with van der Waals surface area (Å²) in [5, 5.41) is 4.23. The standard InChI is InChI=1S/C18H22N4O2/c1-13-14(10-22-11-15(9-19-22)17(23)24-2)3-4-16(20-13)21-8-7-18(12-21)5-6-18/h3-4,9,11H,5-8,10,12H2,1-2H3. The van der Waals surface area contributed by atoms with Crippen LogP contribution < -0.4 is 4.90 Å². The Morgan fingerprint density at radius 3 is 2.83 bits per heavy atom. The molecule has 2 aliphatic rings. The fourth-order valence-electron chi connectivity index (χ4n) is 3.48. The zero-order chi connectivity index (χ0) is 16.7. The summed E-state index contributed by atoms with van der Waals surface area (Å²) >= 11 is 0. The number of methoxy groups -OCH3 is 1. The lowest BCUT2D eigenvalue weighted by atomic mass is 10.1. The van der Waals surface area contributed by atoms with Crippen LogP contribution in [0.4, 0.5) is 5.82 Å². The number of aryl methyl sites for hydroxylation is 1. The predicted octanol–water partition coefficient (Wildman–Crippen LogP) is 2.41. The Morgan fingerprint density at radius 1 is 1.33 bits per heavy atom. The molecule has 1 aliphatic carbocycles. The van der Waals surface area contributed by atoms with Gasteiger partial charge in [0.05, 0.1) is 25.4 Å². The first kappa shape index (κ1) is 15.2. The van der Waals surface area contributed by atoms with Crippen molar-refractivity contribution in [2.75, 3.05) is 25.1 Å². The molecular weight excluding hydrogens is 304 g/mol. The molecule has 2 fully saturated rings. The fourth-order valence-corrected chi connectivity index (χ4v) is 3.48. The van der Waals surface area contributed by atoms with E-state index >= 15 is 0 Å². The van der Waals surface area contributed by atoms with Crippen molar-refractivity contribution >= 4 is 11.8 Å². The number of esters is 1. The van der Waals surface area contributed by atoms with Crippen molar-refractivity contribution in [2.24, 2.45) is 5.41 Å². The van der Waals surface area contributed by atoms with E-state index in [1.165, 1.54) is 32.6 Å². The van der Waals surface area contributed by atoms with Gasteiger partial charge in [0.2, 0.25) is 0 Å². The van der Waals surface area contributed by atoms with E-state index in [1.54, 1.807) is 10.9 Å². The maximum Gasteiger partial charge on any atom is 0.341 e. The normalized spacial score (nSPS) is 18.2. The van der Waals surface area contributed by atoms with Gasteiger partial charge in [-0.15, -0.1) is 0 Å². The number of anilines is 1. The first-order valence-electron chi connectivity index (χ1n) is 8.41. The van der Waals surface area contributed by atoms with Crippen molar-refractivity contribution in [1.29, 1.82) is 0 Å². The monoisotopic (exact) mass is 326 g/mol. The molecule has 0 radical (unpaired) electrons. The summed E-state index contributed by atoms with van der Waals surface area (Å²) in [5.41, 5.74) is 3.19. The molecule has 6 nitrogen and oxygen atoms in total. The predicted molar refractivity (Wildman–Crippen MR) is 90.1 cm³/mol. The van der Waals surface area contributed by atoms with E-state index in [0.717, 1.165) is 30.2 Å². The fraction of sp³-hybridized carbons (Fsp3) is 0.500. The highest BCUT2D eigenvalue weighted by molar-refractivity contribution is 5.88. The Bertz CT molecular complexity index is 779. The average Bonchev–Trinajstić information content (AvgIpc) is 2.98. The maximum atomic E-state index is 11.5. The van der Waals surface area contributed by atoms with Crippen LogP contribution in [0.3, 0.4) is 0 Å². The molecule has 1 spiro atoms.